The molecule has 5 nitrogen and oxygen atoms in total. The molecule has 2 aromatic rings. The van der Waals surface area contributed by atoms with Gasteiger partial charge < -0.3 is 10.2 Å². The first-order valence-corrected chi connectivity index (χ1v) is 10.7. The molecule has 1 aliphatic heterocycles. The summed E-state index contributed by atoms with van der Waals surface area (Å²) in [6.07, 6.45) is 2.42. The molecular weight excluding hydrogens is 381 g/mol. The molecule has 0 aromatic heterocycles. The van der Waals surface area contributed by atoms with Crippen LogP contribution in [0.15, 0.2) is 54.6 Å². The number of hydrogen-bond donors (Lipinski definition) is 1. The smallest absolute Gasteiger partial charge is 0.237 e. The van der Waals surface area contributed by atoms with Crippen molar-refractivity contribution in [2.75, 3.05) is 19.6 Å². The number of rotatable bonds is 8. The van der Waals surface area contributed by atoms with Gasteiger partial charge in [0.05, 0.1) is 12.5 Å². The van der Waals surface area contributed by atoms with Crippen molar-refractivity contribution in [2.24, 2.45) is 5.92 Å². The Bertz CT molecular complexity index is 885. The zero-order valence-electron chi connectivity index (χ0n) is 17.1. The average molecular weight is 410 g/mol. The largest absolute Gasteiger partial charge is 0.353 e. The molecule has 2 amide bonds. The minimum Gasteiger partial charge on any atom is -0.353 e. The third-order valence-corrected chi connectivity index (χ3v) is 5.89. The standard InChI is InChI=1S/C24H28FN3O2/c25-21-9-5-4-8-20(21)17-27-13-12-26-24(30)22(27)14-23(29)28(16-19-10-11-19)15-18-6-2-1-3-7-18/h1-9,19,22H,10-17H2,(H,26,30)/t22-/m0/s1. The van der Waals surface area contributed by atoms with Crippen molar-refractivity contribution in [3.63, 3.8) is 0 Å². The number of benzene rings is 2. The summed E-state index contributed by atoms with van der Waals surface area (Å²) in [6, 6.07) is 16.0. The van der Waals surface area contributed by atoms with Crippen LogP contribution in [0.25, 0.3) is 0 Å². The number of amides is 2. The van der Waals surface area contributed by atoms with Gasteiger partial charge in [-0.3, -0.25) is 14.5 Å². The number of piperazine rings is 1. The normalized spacial score (nSPS) is 19.4. The molecule has 0 unspecified atom stereocenters. The Kier molecular flexibility index (Phi) is 6.43. The topological polar surface area (TPSA) is 52.7 Å². The van der Waals surface area contributed by atoms with Crippen LogP contribution >= 0.6 is 0 Å². The van der Waals surface area contributed by atoms with Crippen LogP contribution in [0.5, 0.6) is 0 Å². The van der Waals surface area contributed by atoms with E-state index < -0.39 is 6.04 Å². The third-order valence-electron chi connectivity index (χ3n) is 5.89. The summed E-state index contributed by atoms with van der Waals surface area (Å²) in [7, 11) is 0. The second-order valence-corrected chi connectivity index (χ2v) is 8.28. The minimum atomic E-state index is -0.580. The second kappa shape index (κ2) is 9.39. The Labute approximate surface area is 176 Å². The van der Waals surface area contributed by atoms with Crippen LogP contribution in [0, 0.1) is 11.7 Å². The highest BCUT2D eigenvalue weighted by molar-refractivity contribution is 5.88. The van der Waals surface area contributed by atoms with Gasteiger partial charge in [-0.2, -0.15) is 0 Å². The number of nitrogens with zero attached hydrogens (tertiary/aromatic N) is 2. The van der Waals surface area contributed by atoms with E-state index in [4.69, 9.17) is 0 Å². The van der Waals surface area contributed by atoms with Crippen molar-refractivity contribution >= 4 is 11.8 Å². The van der Waals surface area contributed by atoms with E-state index in [2.05, 4.69) is 5.32 Å². The average Bonchev–Trinajstić information content (AvgIpc) is 3.56. The van der Waals surface area contributed by atoms with Crippen LogP contribution in [-0.4, -0.2) is 47.3 Å². The SMILES string of the molecule is O=C1NCCN(Cc2ccccc2F)[C@H]1CC(=O)N(Cc1ccccc1)CC1CC1. The van der Waals surface area contributed by atoms with Gasteiger partial charge in [-0.1, -0.05) is 48.5 Å². The Hall–Kier alpha value is -2.73. The van der Waals surface area contributed by atoms with Crippen molar-refractivity contribution in [3.8, 4) is 0 Å². The lowest BCUT2D eigenvalue weighted by atomic mass is 10.1. The molecule has 2 aliphatic rings. The maximum Gasteiger partial charge on any atom is 0.237 e. The summed E-state index contributed by atoms with van der Waals surface area (Å²) in [5, 5.41) is 2.86. The first-order chi connectivity index (χ1) is 14.6. The van der Waals surface area contributed by atoms with Gasteiger partial charge in [0, 0.05) is 38.3 Å². The lowest BCUT2D eigenvalue weighted by Crippen LogP contribution is -2.56. The van der Waals surface area contributed by atoms with E-state index in [1.165, 1.54) is 6.07 Å². The minimum absolute atomic E-state index is 0.0219. The fraction of sp³-hybridized carbons (Fsp3) is 0.417. The van der Waals surface area contributed by atoms with Crippen LogP contribution < -0.4 is 5.32 Å². The Morgan fingerprint density at radius 3 is 2.57 bits per heavy atom. The number of carbonyl (C=O) groups is 2. The molecule has 4 rings (SSSR count). The molecule has 1 saturated heterocycles. The summed E-state index contributed by atoms with van der Waals surface area (Å²) < 4.78 is 14.1. The lowest BCUT2D eigenvalue weighted by Gasteiger charge is -2.36. The van der Waals surface area contributed by atoms with Gasteiger partial charge in [-0.25, -0.2) is 4.39 Å². The van der Waals surface area contributed by atoms with Crippen molar-refractivity contribution in [2.45, 2.75) is 38.4 Å². The number of carbonyl (C=O) groups excluding carboxylic acids is 2. The highest BCUT2D eigenvalue weighted by Gasteiger charge is 2.34. The third kappa shape index (κ3) is 5.25. The molecule has 1 N–H and O–H groups in total. The van der Waals surface area contributed by atoms with Gasteiger partial charge in [-0.05, 0) is 30.4 Å². The van der Waals surface area contributed by atoms with E-state index >= 15 is 0 Å². The fourth-order valence-electron chi connectivity index (χ4n) is 3.98. The molecule has 0 spiro atoms. The lowest BCUT2D eigenvalue weighted by molar-refractivity contribution is -0.139. The maximum atomic E-state index is 14.1. The number of nitrogens with one attached hydrogen (secondary N) is 1. The second-order valence-electron chi connectivity index (χ2n) is 8.28. The van der Waals surface area contributed by atoms with Gasteiger partial charge in [0.1, 0.15) is 5.82 Å². The zero-order valence-corrected chi connectivity index (χ0v) is 17.1. The van der Waals surface area contributed by atoms with E-state index in [1.54, 1.807) is 18.2 Å². The predicted octanol–water partition coefficient (Wildman–Crippen LogP) is 2.96. The molecule has 1 aliphatic carbocycles. The monoisotopic (exact) mass is 409 g/mol. The molecular formula is C24H28FN3O2. The highest BCUT2D eigenvalue weighted by Crippen LogP contribution is 2.30. The first-order valence-electron chi connectivity index (χ1n) is 10.7. The zero-order chi connectivity index (χ0) is 20.9. The van der Waals surface area contributed by atoms with Crippen LogP contribution in [0.4, 0.5) is 4.39 Å². The quantitative estimate of drug-likeness (QED) is 0.729. The van der Waals surface area contributed by atoms with Crippen molar-refractivity contribution in [1.29, 1.82) is 0 Å². The number of hydrogen-bond acceptors (Lipinski definition) is 3. The van der Waals surface area contributed by atoms with Crippen LogP contribution in [0.3, 0.4) is 0 Å². The van der Waals surface area contributed by atoms with Crippen molar-refractivity contribution in [3.05, 3.63) is 71.5 Å². The summed E-state index contributed by atoms with van der Waals surface area (Å²) >= 11 is 0. The predicted molar refractivity (Wildman–Crippen MR) is 113 cm³/mol. The molecule has 1 saturated carbocycles. The summed E-state index contributed by atoms with van der Waals surface area (Å²) in [5.41, 5.74) is 1.63. The molecule has 30 heavy (non-hydrogen) atoms. The Balaban J connectivity index is 1.47. The molecule has 0 radical (unpaired) electrons. The molecule has 0 bridgehead atoms. The van der Waals surface area contributed by atoms with Crippen molar-refractivity contribution in [1.82, 2.24) is 15.1 Å². The highest BCUT2D eigenvalue weighted by atomic mass is 19.1. The van der Waals surface area contributed by atoms with Gasteiger partial charge >= 0.3 is 0 Å². The first kappa shape index (κ1) is 20.5. The van der Waals surface area contributed by atoms with E-state index in [0.29, 0.717) is 37.7 Å². The van der Waals surface area contributed by atoms with Crippen molar-refractivity contribution < 1.29 is 14.0 Å². The Morgan fingerprint density at radius 1 is 1.10 bits per heavy atom. The van der Waals surface area contributed by atoms with Crippen LogP contribution in [0.2, 0.25) is 0 Å². The molecule has 2 aromatic carbocycles. The van der Waals surface area contributed by atoms with E-state index in [9.17, 15) is 14.0 Å². The summed E-state index contributed by atoms with van der Waals surface area (Å²) in [4.78, 5) is 29.7. The van der Waals surface area contributed by atoms with E-state index in [0.717, 1.165) is 24.9 Å². The van der Waals surface area contributed by atoms with Gasteiger partial charge in [-0.15, -0.1) is 0 Å². The van der Waals surface area contributed by atoms with Gasteiger partial charge in [0.2, 0.25) is 11.8 Å². The van der Waals surface area contributed by atoms with Crippen LogP contribution in [-0.2, 0) is 22.7 Å². The maximum absolute atomic E-state index is 14.1. The van der Waals surface area contributed by atoms with Crippen LogP contribution in [0.1, 0.15) is 30.4 Å². The number of halogens is 1. The fourth-order valence-corrected chi connectivity index (χ4v) is 3.98. The van der Waals surface area contributed by atoms with Gasteiger partial charge in [0.25, 0.3) is 0 Å². The van der Waals surface area contributed by atoms with E-state index in [1.807, 2.05) is 40.1 Å². The molecule has 2 fully saturated rings. The summed E-state index contributed by atoms with van der Waals surface area (Å²) in [5.74, 6) is 0.101. The van der Waals surface area contributed by atoms with Gasteiger partial charge in [0.15, 0.2) is 0 Å². The Morgan fingerprint density at radius 2 is 1.83 bits per heavy atom. The molecule has 158 valence electrons. The molecule has 1 atom stereocenters. The molecule has 1 heterocycles. The molecule has 6 heteroatoms. The van der Waals surface area contributed by atoms with E-state index in [-0.39, 0.29) is 24.1 Å². The summed E-state index contributed by atoms with van der Waals surface area (Å²) in [6.45, 7) is 2.71.